The lowest BCUT2D eigenvalue weighted by Crippen LogP contribution is -2.42. The second-order valence-corrected chi connectivity index (χ2v) is 6.85. The zero-order valence-corrected chi connectivity index (χ0v) is 17.2. The van der Waals surface area contributed by atoms with Crippen LogP contribution in [0.4, 0.5) is 0 Å². The van der Waals surface area contributed by atoms with Crippen LogP contribution < -0.4 is 10.2 Å². The average molecular weight is 463 g/mol. The van der Waals surface area contributed by atoms with Gasteiger partial charge in [0.15, 0.2) is 12.4 Å². The van der Waals surface area contributed by atoms with E-state index in [1.54, 1.807) is 19.1 Å². The highest BCUT2D eigenvalue weighted by molar-refractivity contribution is 9.10. The molecular formula is C17H21BrClN3O5. The first kappa shape index (κ1) is 21.6. The lowest BCUT2D eigenvalue weighted by atomic mass is 10.2. The number of carbonyl (C=O) groups is 2. The molecule has 1 heterocycles. The van der Waals surface area contributed by atoms with Gasteiger partial charge in [-0.25, -0.2) is 10.2 Å². The Balaban J connectivity index is 1.87. The van der Waals surface area contributed by atoms with Crippen molar-refractivity contribution in [1.82, 2.24) is 10.3 Å². The molecule has 0 aliphatic carbocycles. The van der Waals surface area contributed by atoms with E-state index in [1.165, 1.54) is 6.21 Å². The fourth-order valence-corrected chi connectivity index (χ4v) is 3.29. The van der Waals surface area contributed by atoms with E-state index in [-0.39, 0.29) is 25.7 Å². The van der Waals surface area contributed by atoms with Gasteiger partial charge in [0.2, 0.25) is 0 Å². The number of esters is 1. The summed E-state index contributed by atoms with van der Waals surface area (Å²) in [6.45, 7) is 4.75. The van der Waals surface area contributed by atoms with E-state index < -0.39 is 5.97 Å². The Morgan fingerprint density at radius 2 is 2.15 bits per heavy atom. The number of ether oxygens (including phenoxy) is 3. The van der Waals surface area contributed by atoms with Gasteiger partial charge in [0, 0.05) is 13.1 Å². The van der Waals surface area contributed by atoms with Gasteiger partial charge in [-0.3, -0.25) is 9.69 Å². The molecule has 2 rings (SSSR count). The van der Waals surface area contributed by atoms with Crippen LogP contribution in [0.25, 0.3) is 0 Å². The molecule has 0 bridgehead atoms. The highest BCUT2D eigenvalue weighted by atomic mass is 79.9. The van der Waals surface area contributed by atoms with Crippen LogP contribution in [0.3, 0.4) is 0 Å². The lowest BCUT2D eigenvalue weighted by molar-refractivity contribution is -0.145. The number of morpholine rings is 1. The van der Waals surface area contributed by atoms with Crippen LogP contribution in [0.15, 0.2) is 21.7 Å². The number of halogens is 2. The molecule has 1 fully saturated rings. The number of hydrazone groups is 1. The van der Waals surface area contributed by atoms with Crippen LogP contribution >= 0.6 is 27.5 Å². The summed E-state index contributed by atoms with van der Waals surface area (Å²) in [6, 6.07) is 3.33. The van der Waals surface area contributed by atoms with E-state index >= 15 is 0 Å². The molecule has 1 N–H and O–H groups in total. The Morgan fingerprint density at radius 3 is 2.81 bits per heavy atom. The van der Waals surface area contributed by atoms with Crippen LogP contribution in [-0.4, -0.2) is 69.1 Å². The number of nitrogens with zero attached hydrogens (tertiary/aromatic N) is 2. The summed E-state index contributed by atoms with van der Waals surface area (Å²) in [4.78, 5) is 25.3. The van der Waals surface area contributed by atoms with Gasteiger partial charge in [0.25, 0.3) is 5.91 Å². The highest BCUT2D eigenvalue weighted by Gasteiger charge is 2.14. The Morgan fingerprint density at radius 1 is 1.41 bits per heavy atom. The second kappa shape index (κ2) is 11.2. The van der Waals surface area contributed by atoms with Crippen LogP contribution in [0.2, 0.25) is 5.02 Å². The third-order valence-electron chi connectivity index (χ3n) is 3.53. The van der Waals surface area contributed by atoms with Gasteiger partial charge < -0.3 is 14.2 Å². The van der Waals surface area contributed by atoms with Gasteiger partial charge in [-0.05, 0) is 40.5 Å². The topological polar surface area (TPSA) is 89.5 Å². The molecule has 1 aromatic rings. The van der Waals surface area contributed by atoms with Crippen molar-refractivity contribution in [2.45, 2.75) is 6.92 Å². The summed E-state index contributed by atoms with van der Waals surface area (Å²) < 4.78 is 16.0. The summed E-state index contributed by atoms with van der Waals surface area (Å²) in [5, 5.41) is 4.24. The van der Waals surface area contributed by atoms with Crippen LogP contribution in [-0.2, 0) is 19.1 Å². The molecule has 0 saturated carbocycles. The maximum Gasteiger partial charge on any atom is 0.344 e. The van der Waals surface area contributed by atoms with Crippen molar-refractivity contribution in [2.24, 2.45) is 5.10 Å². The molecule has 1 amide bonds. The number of amides is 1. The summed E-state index contributed by atoms with van der Waals surface area (Å²) in [5.74, 6) is -0.347. The van der Waals surface area contributed by atoms with E-state index in [1.807, 2.05) is 4.90 Å². The van der Waals surface area contributed by atoms with Gasteiger partial charge in [0.05, 0.1) is 42.1 Å². The molecule has 148 valence electrons. The van der Waals surface area contributed by atoms with Crippen molar-refractivity contribution >= 4 is 45.6 Å². The van der Waals surface area contributed by atoms with Crippen molar-refractivity contribution in [3.8, 4) is 5.75 Å². The molecule has 0 spiro atoms. The van der Waals surface area contributed by atoms with Crippen molar-refractivity contribution in [3.05, 3.63) is 27.2 Å². The van der Waals surface area contributed by atoms with E-state index in [9.17, 15) is 9.59 Å². The molecule has 0 radical (unpaired) electrons. The van der Waals surface area contributed by atoms with Gasteiger partial charge >= 0.3 is 5.97 Å². The Bertz CT molecular complexity index is 672. The zero-order chi connectivity index (χ0) is 19.6. The van der Waals surface area contributed by atoms with Crippen LogP contribution in [0, 0.1) is 0 Å². The number of benzene rings is 1. The highest BCUT2D eigenvalue weighted by Crippen LogP contribution is 2.34. The zero-order valence-electron chi connectivity index (χ0n) is 14.9. The number of hydrogen-bond donors (Lipinski definition) is 1. The molecular weight excluding hydrogens is 442 g/mol. The summed E-state index contributed by atoms with van der Waals surface area (Å²) >= 11 is 9.54. The first-order valence-corrected chi connectivity index (χ1v) is 9.56. The third-order valence-corrected chi connectivity index (χ3v) is 4.40. The van der Waals surface area contributed by atoms with Crippen molar-refractivity contribution < 1.29 is 23.8 Å². The minimum absolute atomic E-state index is 0.201. The lowest BCUT2D eigenvalue weighted by Gasteiger charge is -2.25. The first-order valence-electron chi connectivity index (χ1n) is 8.39. The van der Waals surface area contributed by atoms with E-state index in [0.29, 0.717) is 34.0 Å². The summed E-state index contributed by atoms with van der Waals surface area (Å²) in [7, 11) is 0. The standard InChI is InChI=1S/C17H21BrClN3O5/c1-2-26-16(24)11-27-17-13(18)7-12(8-14(17)19)9-20-21-15(23)10-22-3-5-25-6-4-22/h7-9H,2-6,10-11H2,1H3,(H,21,23)/b20-9+. The number of carbonyl (C=O) groups excluding carboxylic acids is 2. The first-order chi connectivity index (χ1) is 13.0. The van der Waals surface area contributed by atoms with E-state index in [4.69, 9.17) is 25.8 Å². The normalized spacial score (nSPS) is 14.9. The molecule has 1 aliphatic heterocycles. The minimum atomic E-state index is -0.478. The molecule has 1 saturated heterocycles. The van der Waals surface area contributed by atoms with Crippen molar-refractivity contribution in [3.63, 3.8) is 0 Å². The molecule has 0 aromatic heterocycles. The fraction of sp³-hybridized carbons (Fsp3) is 0.471. The monoisotopic (exact) mass is 461 g/mol. The largest absolute Gasteiger partial charge is 0.479 e. The van der Waals surface area contributed by atoms with Gasteiger partial charge in [-0.1, -0.05) is 11.6 Å². The predicted molar refractivity (Wildman–Crippen MR) is 104 cm³/mol. The molecule has 27 heavy (non-hydrogen) atoms. The smallest absolute Gasteiger partial charge is 0.344 e. The van der Waals surface area contributed by atoms with Gasteiger partial charge in [-0.2, -0.15) is 5.10 Å². The van der Waals surface area contributed by atoms with E-state index in [2.05, 4.69) is 26.5 Å². The van der Waals surface area contributed by atoms with Gasteiger partial charge in [-0.15, -0.1) is 0 Å². The Hall–Kier alpha value is -1.68. The fourth-order valence-electron chi connectivity index (χ4n) is 2.30. The van der Waals surface area contributed by atoms with Gasteiger partial charge in [0.1, 0.15) is 0 Å². The van der Waals surface area contributed by atoms with E-state index in [0.717, 1.165) is 13.1 Å². The Kier molecular flexibility index (Phi) is 8.99. The molecule has 8 nitrogen and oxygen atoms in total. The SMILES string of the molecule is CCOC(=O)COc1c(Cl)cc(/C=N/NC(=O)CN2CCOCC2)cc1Br. The van der Waals surface area contributed by atoms with Crippen LogP contribution in [0.5, 0.6) is 5.75 Å². The van der Waals surface area contributed by atoms with Crippen LogP contribution in [0.1, 0.15) is 12.5 Å². The average Bonchev–Trinajstić information content (AvgIpc) is 2.62. The Labute approximate surface area is 170 Å². The molecule has 0 atom stereocenters. The van der Waals surface area contributed by atoms with Crippen molar-refractivity contribution in [1.29, 1.82) is 0 Å². The number of nitrogens with one attached hydrogen (secondary N) is 1. The predicted octanol–water partition coefficient (Wildman–Crippen LogP) is 1.83. The molecule has 1 aliphatic rings. The molecule has 0 unspecified atom stereocenters. The number of hydrogen-bond acceptors (Lipinski definition) is 7. The minimum Gasteiger partial charge on any atom is -0.479 e. The third kappa shape index (κ3) is 7.45. The molecule has 10 heteroatoms. The quantitative estimate of drug-likeness (QED) is 0.360. The van der Waals surface area contributed by atoms with Crippen molar-refractivity contribution in [2.75, 3.05) is 46.1 Å². The maximum atomic E-state index is 11.9. The maximum absolute atomic E-state index is 11.9. The number of rotatable bonds is 8. The molecule has 1 aromatic carbocycles. The summed E-state index contributed by atoms with van der Waals surface area (Å²) in [5.41, 5.74) is 3.14. The second-order valence-electron chi connectivity index (χ2n) is 5.59. The summed E-state index contributed by atoms with van der Waals surface area (Å²) in [6.07, 6.45) is 1.48.